The van der Waals surface area contributed by atoms with Crippen LogP contribution in [0.3, 0.4) is 0 Å². The quantitative estimate of drug-likeness (QED) is 0.630. The molecule has 21 heavy (non-hydrogen) atoms. The van der Waals surface area contributed by atoms with Crippen LogP contribution in [0.2, 0.25) is 0 Å². The SMILES string of the molecule is CCCCC(CCC)NC1CC(=O)N(C(CC)CC)C1=O. The first-order chi connectivity index (χ1) is 10.1. The van der Waals surface area contributed by atoms with E-state index in [1.807, 2.05) is 13.8 Å². The van der Waals surface area contributed by atoms with Gasteiger partial charge in [-0.3, -0.25) is 14.5 Å². The second-order valence-corrected chi connectivity index (χ2v) is 6.12. The predicted octanol–water partition coefficient (Wildman–Crippen LogP) is 3.25. The van der Waals surface area contributed by atoms with E-state index in [4.69, 9.17) is 0 Å². The lowest BCUT2D eigenvalue weighted by Gasteiger charge is -2.25. The summed E-state index contributed by atoms with van der Waals surface area (Å²) in [5, 5.41) is 3.45. The molecule has 1 fully saturated rings. The molecule has 0 saturated carbocycles. The summed E-state index contributed by atoms with van der Waals surface area (Å²) >= 11 is 0. The summed E-state index contributed by atoms with van der Waals surface area (Å²) in [5.74, 6) is -0.0109. The highest BCUT2D eigenvalue weighted by molar-refractivity contribution is 6.05. The molecule has 1 saturated heterocycles. The number of nitrogens with one attached hydrogen (secondary N) is 1. The summed E-state index contributed by atoms with van der Waals surface area (Å²) in [6.45, 7) is 8.42. The van der Waals surface area contributed by atoms with E-state index in [0.29, 0.717) is 12.5 Å². The number of nitrogens with zero attached hydrogens (tertiary/aromatic N) is 1. The Morgan fingerprint density at radius 3 is 2.29 bits per heavy atom. The van der Waals surface area contributed by atoms with Gasteiger partial charge in [0.1, 0.15) is 0 Å². The third-order valence-corrected chi connectivity index (χ3v) is 4.47. The van der Waals surface area contributed by atoms with Gasteiger partial charge in [-0.2, -0.15) is 0 Å². The van der Waals surface area contributed by atoms with Crippen molar-refractivity contribution in [2.45, 2.75) is 97.2 Å². The minimum atomic E-state index is -0.300. The zero-order valence-electron chi connectivity index (χ0n) is 14.2. The summed E-state index contributed by atoms with van der Waals surface area (Å²) in [7, 11) is 0. The van der Waals surface area contributed by atoms with E-state index < -0.39 is 0 Å². The van der Waals surface area contributed by atoms with Crippen LogP contribution in [-0.2, 0) is 9.59 Å². The van der Waals surface area contributed by atoms with E-state index in [1.165, 1.54) is 17.7 Å². The first-order valence-electron chi connectivity index (χ1n) is 8.70. The van der Waals surface area contributed by atoms with Crippen LogP contribution in [0.1, 0.15) is 79.1 Å². The molecule has 1 heterocycles. The van der Waals surface area contributed by atoms with Gasteiger partial charge < -0.3 is 5.32 Å². The fourth-order valence-corrected chi connectivity index (χ4v) is 3.21. The Kier molecular flexibility index (Phi) is 7.94. The lowest BCUT2D eigenvalue weighted by molar-refractivity contribution is -0.141. The van der Waals surface area contributed by atoms with E-state index in [-0.39, 0.29) is 23.9 Å². The van der Waals surface area contributed by atoms with E-state index >= 15 is 0 Å². The van der Waals surface area contributed by atoms with E-state index in [0.717, 1.165) is 32.1 Å². The number of hydrogen-bond acceptors (Lipinski definition) is 3. The largest absolute Gasteiger partial charge is 0.303 e. The Balaban J connectivity index is 2.67. The molecule has 1 N–H and O–H groups in total. The van der Waals surface area contributed by atoms with Crippen LogP contribution in [0.4, 0.5) is 0 Å². The molecule has 0 aliphatic carbocycles. The van der Waals surface area contributed by atoms with Gasteiger partial charge in [-0.1, -0.05) is 47.0 Å². The Hall–Kier alpha value is -0.900. The van der Waals surface area contributed by atoms with Gasteiger partial charge in [0.05, 0.1) is 12.5 Å². The molecule has 4 nitrogen and oxygen atoms in total. The second-order valence-electron chi connectivity index (χ2n) is 6.12. The molecular weight excluding hydrogens is 264 g/mol. The predicted molar refractivity (Wildman–Crippen MR) is 86.0 cm³/mol. The van der Waals surface area contributed by atoms with Crippen molar-refractivity contribution in [3.8, 4) is 0 Å². The van der Waals surface area contributed by atoms with Gasteiger partial charge in [-0.25, -0.2) is 0 Å². The lowest BCUT2D eigenvalue weighted by atomic mass is 10.0. The number of hydrogen-bond donors (Lipinski definition) is 1. The highest BCUT2D eigenvalue weighted by Gasteiger charge is 2.41. The van der Waals surface area contributed by atoms with Gasteiger partial charge in [-0.15, -0.1) is 0 Å². The number of imide groups is 1. The third kappa shape index (κ3) is 4.80. The van der Waals surface area contributed by atoms with Crippen LogP contribution in [0.5, 0.6) is 0 Å². The zero-order chi connectivity index (χ0) is 15.8. The Bertz CT molecular complexity index is 340. The molecular formula is C17H32N2O2. The molecule has 0 spiro atoms. The summed E-state index contributed by atoms with van der Waals surface area (Å²) in [6, 6.07) is 0.127. The Morgan fingerprint density at radius 2 is 1.76 bits per heavy atom. The van der Waals surface area contributed by atoms with Crippen molar-refractivity contribution in [2.24, 2.45) is 0 Å². The number of carbonyl (C=O) groups is 2. The Morgan fingerprint density at radius 1 is 1.10 bits per heavy atom. The highest BCUT2D eigenvalue weighted by atomic mass is 16.2. The summed E-state index contributed by atoms with van der Waals surface area (Å²) in [5.41, 5.74) is 0. The summed E-state index contributed by atoms with van der Waals surface area (Å²) in [4.78, 5) is 26.2. The number of rotatable bonds is 10. The zero-order valence-corrected chi connectivity index (χ0v) is 14.2. The number of likely N-dealkylation sites (tertiary alicyclic amines) is 1. The van der Waals surface area contributed by atoms with Crippen molar-refractivity contribution in [1.29, 1.82) is 0 Å². The van der Waals surface area contributed by atoms with Gasteiger partial charge >= 0.3 is 0 Å². The van der Waals surface area contributed by atoms with Gasteiger partial charge in [0.2, 0.25) is 11.8 Å². The standard InChI is InChI=1S/C17H32N2O2/c1-5-9-11-13(10-6-2)18-15-12-16(20)19(17(15)21)14(7-3)8-4/h13-15,18H,5-12H2,1-4H3. The average Bonchev–Trinajstić information content (AvgIpc) is 2.74. The van der Waals surface area contributed by atoms with Gasteiger partial charge in [0.15, 0.2) is 0 Å². The highest BCUT2D eigenvalue weighted by Crippen LogP contribution is 2.21. The van der Waals surface area contributed by atoms with Crippen LogP contribution in [0, 0.1) is 0 Å². The Labute approximate surface area is 129 Å². The van der Waals surface area contributed by atoms with Crippen molar-refractivity contribution in [3.05, 3.63) is 0 Å². The summed E-state index contributed by atoms with van der Waals surface area (Å²) < 4.78 is 0. The second kappa shape index (κ2) is 9.19. The molecule has 1 aliphatic rings. The smallest absolute Gasteiger partial charge is 0.247 e. The minimum Gasteiger partial charge on any atom is -0.303 e. The number of carbonyl (C=O) groups excluding carboxylic acids is 2. The lowest BCUT2D eigenvalue weighted by Crippen LogP contribution is -2.46. The van der Waals surface area contributed by atoms with Gasteiger partial charge in [0, 0.05) is 12.1 Å². The fraction of sp³-hybridized carbons (Fsp3) is 0.882. The third-order valence-electron chi connectivity index (χ3n) is 4.47. The van der Waals surface area contributed by atoms with E-state index in [1.54, 1.807) is 0 Å². The molecule has 0 radical (unpaired) electrons. The summed E-state index contributed by atoms with van der Waals surface area (Å²) in [6.07, 6.45) is 7.62. The first-order valence-corrected chi connectivity index (χ1v) is 8.70. The van der Waals surface area contributed by atoms with Crippen molar-refractivity contribution in [2.75, 3.05) is 0 Å². The normalized spacial score (nSPS) is 20.6. The molecule has 4 heteroatoms. The molecule has 2 amide bonds. The molecule has 122 valence electrons. The van der Waals surface area contributed by atoms with Crippen molar-refractivity contribution in [3.63, 3.8) is 0 Å². The van der Waals surface area contributed by atoms with Crippen molar-refractivity contribution >= 4 is 11.8 Å². The van der Waals surface area contributed by atoms with E-state index in [9.17, 15) is 9.59 Å². The number of unbranched alkanes of at least 4 members (excludes halogenated alkanes) is 1. The van der Waals surface area contributed by atoms with Crippen molar-refractivity contribution in [1.82, 2.24) is 10.2 Å². The molecule has 0 aromatic carbocycles. The molecule has 0 bridgehead atoms. The number of amides is 2. The first kappa shape index (κ1) is 18.1. The molecule has 1 rings (SSSR count). The minimum absolute atomic E-state index is 0.00283. The maximum absolute atomic E-state index is 12.5. The van der Waals surface area contributed by atoms with Gasteiger partial charge in [-0.05, 0) is 25.7 Å². The monoisotopic (exact) mass is 296 g/mol. The molecule has 1 aliphatic heterocycles. The van der Waals surface area contributed by atoms with E-state index in [2.05, 4.69) is 19.2 Å². The van der Waals surface area contributed by atoms with Crippen LogP contribution in [0.25, 0.3) is 0 Å². The topological polar surface area (TPSA) is 49.4 Å². The molecule has 0 aromatic rings. The van der Waals surface area contributed by atoms with Crippen molar-refractivity contribution < 1.29 is 9.59 Å². The average molecular weight is 296 g/mol. The van der Waals surface area contributed by atoms with Crippen LogP contribution in [-0.4, -0.2) is 34.8 Å². The maximum Gasteiger partial charge on any atom is 0.247 e. The van der Waals surface area contributed by atoms with Crippen LogP contribution < -0.4 is 5.32 Å². The maximum atomic E-state index is 12.5. The van der Waals surface area contributed by atoms with Crippen LogP contribution in [0.15, 0.2) is 0 Å². The molecule has 2 unspecified atom stereocenters. The van der Waals surface area contributed by atoms with Crippen LogP contribution >= 0.6 is 0 Å². The van der Waals surface area contributed by atoms with Gasteiger partial charge in [0.25, 0.3) is 0 Å². The molecule has 2 atom stereocenters. The fourth-order valence-electron chi connectivity index (χ4n) is 3.21. The molecule has 0 aromatic heterocycles.